The lowest BCUT2D eigenvalue weighted by Crippen LogP contribution is -2.56. The molecule has 0 spiro atoms. The average molecular weight is 242 g/mol. The van der Waals surface area contributed by atoms with Crippen LogP contribution in [0, 0.1) is 0 Å². The van der Waals surface area contributed by atoms with Crippen LogP contribution in [-0.2, 0) is 4.74 Å². The van der Waals surface area contributed by atoms with Gasteiger partial charge < -0.3 is 14.5 Å². The van der Waals surface area contributed by atoms with Crippen molar-refractivity contribution in [2.24, 2.45) is 0 Å². The first kappa shape index (κ1) is 14.3. The zero-order valence-corrected chi connectivity index (χ0v) is 12.0. The van der Waals surface area contributed by atoms with Crippen molar-refractivity contribution in [3.05, 3.63) is 0 Å². The first-order chi connectivity index (χ1) is 7.64. The van der Waals surface area contributed by atoms with Crippen molar-refractivity contribution in [3.8, 4) is 0 Å². The van der Waals surface area contributed by atoms with E-state index in [1.165, 1.54) is 0 Å². The fourth-order valence-electron chi connectivity index (χ4n) is 2.07. The minimum Gasteiger partial charge on any atom is -0.444 e. The number of carbonyl (C=O) groups is 1. The monoisotopic (exact) mass is 242 g/mol. The Hall–Kier alpha value is -0.770. The highest BCUT2D eigenvalue weighted by molar-refractivity contribution is 5.68. The maximum atomic E-state index is 12.0. The van der Waals surface area contributed by atoms with Gasteiger partial charge in [0, 0.05) is 18.6 Å². The van der Waals surface area contributed by atoms with Gasteiger partial charge in [0.15, 0.2) is 0 Å². The number of likely N-dealkylation sites (N-methyl/N-ethyl adjacent to an activating group) is 1. The fourth-order valence-corrected chi connectivity index (χ4v) is 2.07. The van der Waals surface area contributed by atoms with Crippen molar-refractivity contribution in [1.82, 2.24) is 9.80 Å². The summed E-state index contributed by atoms with van der Waals surface area (Å²) < 4.78 is 5.42. The zero-order valence-electron chi connectivity index (χ0n) is 12.0. The van der Waals surface area contributed by atoms with Crippen LogP contribution < -0.4 is 0 Å². The zero-order chi connectivity index (χ0) is 13.3. The summed E-state index contributed by atoms with van der Waals surface area (Å²) >= 11 is 0. The van der Waals surface area contributed by atoms with Gasteiger partial charge in [-0.05, 0) is 54.6 Å². The summed E-state index contributed by atoms with van der Waals surface area (Å²) in [4.78, 5) is 16.0. The molecule has 4 heteroatoms. The smallest absolute Gasteiger partial charge is 0.410 e. The molecule has 100 valence electrons. The van der Waals surface area contributed by atoms with Crippen LogP contribution in [-0.4, -0.2) is 54.2 Å². The summed E-state index contributed by atoms with van der Waals surface area (Å²) in [5.74, 6) is 0. The summed E-state index contributed by atoms with van der Waals surface area (Å²) in [5.41, 5.74) is -0.349. The standard InChI is InChI=1S/C13H26N2O2/c1-12(2,3)17-11(16)15-9-7-8-13(4,10-15)14(5)6/h7-10H2,1-6H3/t13-/m1/s1. The highest BCUT2D eigenvalue weighted by Gasteiger charge is 2.36. The van der Waals surface area contributed by atoms with Crippen molar-refractivity contribution in [2.45, 2.75) is 51.7 Å². The Bertz CT molecular complexity index is 284. The lowest BCUT2D eigenvalue weighted by Gasteiger charge is -2.44. The van der Waals surface area contributed by atoms with Gasteiger partial charge in [0.05, 0.1) is 0 Å². The number of likely N-dealkylation sites (tertiary alicyclic amines) is 1. The Morgan fingerprint density at radius 1 is 1.35 bits per heavy atom. The third kappa shape index (κ3) is 3.87. The van der Waals surface area contributed by atoms with E-state index in [0.717, 1.165) is 25.9 Å². The molecule has 1 aliphatic rings. The second-order valence-corrected chi connectivity index (χ2v) is 6.40. The average Bonchev–Trinajstić information content (AvgIpc) is 2.15. The van der Waals surface area contributed by atoms with Crippen LogP contribution in [0.4, 0.5) is 4.79 Å². The molecular weight excluding hydrogens is 216 g/mol. The van der Waals surface area contributed by atoms with Gasteiger partial charge in [-0.3, -0.25) is 0 Å². The van der Waals surface area contributed by atoms with Crippen molar-refractivity contribution in [3.63, 3.8) is 0 Å². The lowest BCUT2D eigenvalue weighted by atomic mass is 9.90. The van der Waals surface area contributed by atoms with Crippen molar-refractivity contribution in [1.29, 1.82) is 0 Å². The second-order valence-electron chi connectivity index (χ2n) is 6.40. The summed E-state index contributed by atoms with van der Waals surface area (Å²) in [5, 5.41) is 0. The molecule has 0 aromatic heterocycles. The van der Waals surface area contributed by atoms with E-state index in [2.05, 4.69) is 25.9 Å². The van der Waals surface area contributed by atoms with Crippen LogP contribution in [0.5, 0.6) is 0 Å². The van der Waals surface area contributed by atoms with Gasteiger partial charge in [-0.25, -0.2) is 4.79 Å². The van der Waals surface area contributed by atoms with E-state index in [-0.39, 0.29) is 11.6 Å². The SMILES string of the molecule is CN(C)[C@]1(C)CCCN(C(=O)OC(C)(C)C)C1. The van der Waals surface area contributed by atoms with Gasteiger partial charge in [0.2, 0.25) is 0 Å². The Balaban J connectivity index is 2.64. The molecule has 1 amide bonds. The van der Waals surface area contributed by atoms with Gasteiger partial charge in [-0.1, -0.05) is 0 Å². The summed E-state index contributed by atoms with van der Waals surface area (Å²) in [6.07, 6.45) is 1.97. The largest absolute Gasteiger partial charge is 0.444 e. The Labute approximate surface area is 105 Å². The van der Waals surface area contributed by atoms with E-state index in [9.17, 15) is 4.79 Å². The normalized spacial score (nSPS) is 26.2. The summed E-state index contributed by atoms with van der Waals surface area (Å²) in [6.45, 7) is 9.46. The molecule has 0 radical (unpaired) electrons. The number of ether oxygens (including phenoxy) is 1. The van der Waals surface area contributed by atoms with Crippen LogP contribution in [0.3, 0.4) is 0 Å². The lowest BCUT2D eigenvalue weighted by molar-refractivity contribution is -0.000322. The van der Waals surface area contributed by atoms with Gasteiger partial charge in [-0.2, -0.15) is 0 Å². The van der Waals surface area contributed by atoms with Crippen LogP contribution in [0.1, 0.15) is 40.5 Å². The molecule has 17 heavy (non-hydrogen) atoms. The number of carbonyl (C=O) groups excluding carboxylic acids is 1. The minimum absolute atomic E-state index is 0.0646. The van der Waals surface area contributed by atoms with Gasteiger partial charge in [-0.15, -0.1) is 0 Å². The van der Waals surface area contributed by atoms with E-state index in [1.54, 1.807) is 0 Å². The maximum Gasteiger partial charge on any atom is 0.410 e. The molecule has 0 bridgehead atoms. The van der Waals surface area contributed by atoms with Gasteiger partial charge in [0.1, 0.15) is 5.60 Å². The van der Waals surface area contributed by atoms with Crippen molar-refractivity contribution in [2.75, 3.05) is 27.2 Å². The van der Waals surface area contributed by atoms with E-state index < -0.39 is 5.60 Å². The molecule has 0 aromatic carbocycles. The molecule has 1 fully saturated rings. The Morgan fingerprint density at radius 2 is 1.94 bits per heavy atom. The highest BCUT2D eigenvalue weighted by atomic mass is 16.6. The number of hydrogen-bond donors (Lipinski definition) is 0. The van der Waals surface area contributed by atoms with E-state index in [1.807, 2.05) is 25.7 Å². The molecule has 1 rings (SSSR count). The molecule has 0 N–H and O–H groups in total. The fraction of sp³-hybridized carbons (Fsp3) is 0.923. The van der Waals surface area contributed by atoms with Crippen molar-refractivity contribution >= 4 is 6.09 Å². The van der Waals surface area contributed by atoms with Crippen LogP contribution in [0.2, 0.25) is 0 Å². The topological polar surface area (TPSA) is 32.8 Å². The Morgan fingerprint density at radius 3 is 2.41 bits per heavy atom. The number of piperidine rings is 1. The number of hydrogen-bond acceptors (Lipinski definition) is 3. The second kappa shape index (κ2) is 4.84. The molecule has 1 saturated heterocycles. The molecule has 4 nitrogen and oxygen atoms in total. The first-order valence-electron chi connectivity index (χ1n) is 6.29. The molecular formula is C13H26N2O2. The molecule has 1 heterocycles. The number of rotatable bonds is 1. The Kier molecular flexibility index (Phi) is 4.07. The van der Waals surface area contributed by atoms with E-state index >= 15 is 0 Å². The summed E-state index contributed by atoms with van der Waals surface area (Å²) in [6, 6.07) is 0. The first-order valence-corrected chi connectivity index (χ1v) is 6.29. The van der Waals surface area contributed by atoms with Crippen LogP contribution >= 0.6 is 0 Å². The minimum atomic E-state index is -0.414. The predicted octanol–water partition coefficient (Wildman–Crippen LogP) is 2.34. The van der Waals surface area contributed by atoms with Crippen LogP contribution in [0.25, 0.3) is 0 Å². The van der Waals surface area contributed by atoms with Gasteiger partial charge in [0.25, 0.3) is 0 Å². The van der Waals surface area contributed by atoms with E-state index in [0.29, 0.717) is 0 Å². The number of nitrogens with zero attached hydrogens (tertiary/aromatic N) is 2. The third-order valence-corrected chi connectivity index (χ3v) is 3.41. The summed E-state index contributed by atoms with van der Waals surface area (Å²) in [7, 11) is 4.14. The molecule has 0 aromatic rings. The molecule has 0 unspecified atom stereocenters. The van der Waals surface area contributed by atoms with Crippen LogP contribution in [0.15, 0.2) is 0 Å². The van der Waals surface area contributed by atoms with Crippen molar-refractivity contribution < 1.29 is 9.53 Å². The molecule has 1 atom stereocenters. The third-order valence-electron chi connectivity index (χ3n) is 3.41. The predicted molar refractivity (Wildman–Crippen MR) is 69.1 cm³/mol. The number of amides is 1. The maximum absolute atomic E-state index is 12.0. The molecule has 1 aliphatic heterocycles. The quantitative estimate of drug-likeness (QED) is 0.707. The van der Waals surface area contributed by atoms with Gasteiger partial charge >= 0.3 is 6.09 Å². The molecule has 0 aliphatic carbocycles. The molecule has 0 saturated carbocycles. The van der Waals surface area contributed by atoms with E-state index in [4.69, 9.17) is 4.74 Å². The highest BCUT2D eigenvalue weighted by Crippen LogP contribution is 2.26.